The lowest BCUT2D eigenvalue weighted by Gasteiger charge is -2.07. The molecule has 0 unspecified atom stereocenters. The van der Waals surface area contributed by atoms with Gasteiger partial charge in [0.25, 0.3) is 0 Å². The van der Waals surface area contributed by atoms with Crippen LogP contribution in [0, 0.1) is 0 Å². The summed E-state index contributed by atoms with van der Waals surface area (Å²) in [6.45, 7) is 2.16. The molecule has 12 heavy (non-hydrogen) atoms. The highest BCUT2D eigenvalue weighted by Crippen LogP contribution is 2.29. The Morgan fingerprint density at radius 2 is 2.08 bits per heavy atom. The van der Waals surface area contributed by atoms with E-state index in [0.29, 0.717) is 6.54 Å². The largest absolute Gasteiger partial charge is 0.441 e. The van der Waals surface area contributed by atoms with Crippen molar-refractivity contribution in [3.05, 3.63) is 0 Å². The predicted molar refractivity (Wildman–Crippen MR) is 43.1 cm³/mol. The minimum Gasteiger partial charge on any atom is -0.392 e. The van der Waals surface area contributed by atoms with E-state index in [4.69, 9.17) is 5.11 Å². The number of aliphatic hydroxyl groups excluding tert-OH is 1. The molecule has 0 aromatic carbocycles. The van der Waals surface area contributed by atoms with E-state index in [9.17, 15) is 13.2 Å². The van der Waals surface area contributed by atoms with Crippen LogP contribution in [0.3, 0.4) is 0 Å². The van der Waals surface area contributed by atoms with Crippen molar-refractivity contribution in [3.63, 3.8) is 0 Å². The van der Waals surface area contributed by atoms with Gasteiger partial charge in [-0.15, -0.1) is 0 Å². The van der Waals surface area contributed by atoms with Crippen LogP contribution < -0.4 is 5.32 Å². The number of thioether (sulfide) groups is 1. The molecule has 2 N–H and O–H groups in total. The van der Waals surface area contributed by atoms with Crippen molar-refractivity contribution >= 4 is 11.8 Å². The van der Waals surface area contributed by atoms with E-state index in [0.717, 1.165) is 0 Å². The molecule has 0 rings (SSSR count). The molecule has 0 saturated heterocycles. The van der Waals surface area contributed by atoms with Crippen LogP contribution >= 0.6 is 11.8 Å². The van der Waals surface area contributed by atoms with Gasteiger partial charge in [-0.05, 0) is 18.7 Å². The first-order chi connectivity index (χ1) is 5.42. The van der Waals surface area contributed by atoms with Crippen molar-refractivity contribution in [1.82, 2.24) is 5.32 Å². The first kappa shape index (κ1) is 12.1. The van der Waals surface area contributed by atoms with Crippen molar-refractivity contribution in [3.8, 4) is 0 Å². The molecule has 0 spiro atoms. The fourth-order valence-electron chi connectivity index (χ4n) is 0.550. The van der Waals surface area contributed by atoms with Crippen LogP contribution in [-0.4, -0.2) is 35.6 Å². The Labute approximate surface area is 73.5 Å². The van der Waals surface area contributed by atoms with E-state index in [1.165, 1.54) is 0 Å². The number of rotatable bonds is 5. The van der Waals surface area contributed by atoms with E-state index in [2.05, 4.69) is 5.32 Å². The first-order valence-corrected chi connectivity index (χ1v) is 4.50. The van der Waals surface area contributed by atoms with E-state index >= 15 is 0 Å². The first-order valence-electron chi connectivity index (χ1n) is 3.51. The van der Waals surface area contributed by atoms with Gasteiger partial charge in [0.05, 0.1) is 6.10 Å². The molecular weight excluding hydrogens is 191 g/mol. The molecule has 0 aliphatic rings. The van der Waals surface area contributed by atoms with Gasteiger partial charge >= 0.3 is 5.51 Å². The number of hydrogen-bond acceptors (Lipinski definition) is 3. The number of halogens is 3. The van der Waals surface area contributed by atoms with Gasteiger partial charge < -0.3 is 10.4 Å². The van der Waals surface area contributed by atoms with Crippen molar-refractivity contribution in [1.29, 1.82) is 0 Å². The molecule has 0 amide bonds. The Morgan fingerprint density at radius 3 is 2.50 bits per heavy atom. The van der Waals surface area contributed by atoms with Crippen LogP contribution in [0.2, 0.25) is 0 Å². The normalized spacial score (nSPS) is 14.8. The number of aliphatic hydroxyl groups is 1. The highest BCUT2D eigenvalue weighted by molar-refractivity contribution is 8.00. The van der Waals surface area contributed by atoms with Gasteiger partial charge in [-0.1, -0.05) is 0 Å². The molecule has 0 fully saturated rings. The third-order valence-electron chi connectivity index (χ3n) is 0.984. The molecule has 74 valence electrons. The molecule has 0 saturated carbocycles. The zero-order valence-electron chi connectivity index (χ0n) is 6.69. The second kappa shape index (κ2) is 5.66. The molecule has 0 radical (unpaired) electrons. The van der Waals surface area contributed by atoms with Crippen LogP contribution in [0.1, 0.15) is 6.92 Å². The summed E-state index contributed by atoms with van der Waals surface area (Å²) in [6, 6.07) is 0. The maximum absolute atomic E-state index is 11.5. The third kappa shape index (κ3) is 10.1. The molecule has 0 heterocycles. The second-order valence-corrected chi connectivity index (χ2v) is 3.51. The van der Waals surface area contributed by atoms with Crippen molar-refractivity contribution < 1.29 is 18.3 Å². The predicted octanol–water partition coefficient (Wildman–Crippen LogP) is 1.21. The second-order valence-electron chi connectivity index (χ2n) is 2.35. The summed E-state index contributed by atoms with van der Waals surface area (Å²) in [6.07, 6.45) is -0.513. The average Bonchev–Trinajstić information content (AvgIpc) is 1.83. The standard InChI is InChI=1S/C6H12F3NOS/c1-5(11)4-10-2-3-12-6(7,8)9/h5,10-11H,2-4H2,1H3/t5-/m0/s1. The Balaban J connectivity index is 3.12. The average molecular weight is 203 g/mol. The molecule has 0 bridgehead atoms. The van der Waals surface area contributed by atoms with Crippen LogP contribution in [0.25, 0.3) is 0 Å². The number of alkyl halides is 3. The summed E-state index contributed by atoms with van der Waals surface area (Å²) in [5.41, 5.74) is -4.15. The van der Waals surface area contributed by atoms with Gasteiger partial charge in [-0.3, -0.25) is 0 Å². The fourth-order valence-corrected chi connectivity index (χ4v) is 1.03. The van der Waals surface area contributed by atoms with E-state index < -0.39 is 11.6 Å². The van der Waals surface area contributed by atoms with Gasteiger partial charge in [0, 0.05) is 18.8 Å². The van der Waals surface area contributed by atoms with Crippen LogP contribution in [0.5, 0.6) is 0 Å². The summed E-state index contributed by atoms with van der Waals surface area (Å²) >= 11 is -0.0589. The van der Waals surface area contributed by atoms with Crippen molar-refractivity contribution in [2.24, 2.45) is 0 Å². The number of nitrogens with one attached hydrogen (secondary N) is 1. The zero-order chi connectivity index (χ0) is 9.61. The van der Waals surface area contributed by atoms with Gasteiger partial charge in [-0.2, -0.15) is 13.2 Å². The molecule has 6 heteroatoms. The fraction of sp³-hybridized carbons (Fsp3) is 1.00. The smallest absolute Gasteiger partial charge is 0.392 e. The molecule has 1 atom stereocenters. The lowest BCUT2D eigenvalue weighted by molar-refractivity contribution is -0.0327. The minimum atomic E-state index is -4.15. The van der Waals surface area contributed by atoms with E-state index in [1.54, 1.807) is 6.92 Å². The lowest BCUT2D eigenvalue weighted by Crippen LogP contribution is -2.26. The zero-order valence-corrected chi connectivity index (χ0v) is 7.50. The van der Waals surface area contributed by atoms with Crippen molar-refractivity contribution in [2.45, 2.75) is 18.5 Å². The molecule has 0 aromatic rings. The van der Waals surface area contributed by atoms with Crippen molar-refractivity contribution in [2.75, 3.05) is 18.8 Å². The highest BCUT2D eigenvalue weighted by Gasteiger charge is 2.27. The summed E-state index contributed by atoms with van der Waals surface area (Å²) in [5.74, 6) is -0.0176. The monoisotopic (exact) mass is 203 g/mol. The van der Waals surface area contributed by atoms with Crippen LogP contribution in [-0.2, 0) is 0 Å². The van der Waals surface area contributed by atoms with Gasteiger partial charge in [0.2, 0.25) is 0 Å². The summed E-state index contributed by atoms with van der Waals surface area (Å²) in [4.78, 5) is 0. The maximum atomic E-state index is 11.5. The molecule has 0 aliphatic heterocycles. The number of hydrogen-bond donors (Lipinski definition) is 2. The minimum absolute atomic E-state index is 0.0176. The quantitative estimate of drug-likeness (QED) is 0.659. The maximum Gasteiger partial charge on any atom is 0.441 e. The Kier molecular flexibility index (Phi) is 5.69. The summed E-state index contributed by atoms with van der Waals surface area (Å²) in [7, 11) is 0. The Hall–Kier alpha value is 0.0600. The highest BCUT2D eigenvalue weighted by atomic mass is 32.2. The van der Waals surface area contributed by atoms with Crippen LogP contribution in [0.4, 0.5) is 13.2 Å². The molecule has 0 aromatic heterocycles. The summed E-state index contributed by atoms with van der Waals surface area (Å²) < 4.78 is 34.6. The topological polar surface area (TPSA) is 32.3 Å². The SMILES string of the molecule is C[C@H](O)CNCCSC(F)(F)F. The van der Waals surface area contributed by atoms with Gasteiger partial charge in [0.1, 0.15) is 0 Å². The van der Waals surface area contributed by atoms with Gasteiger partial charge in [-0.25, -0.2) is 0 Å². The summed E-state index contributed by atoms with van der Waals surface area (Å²) in [5, 5.41) is 11.4. The third-order valence-corrected chi connectivity index (χ3v) is 1.72. The molecule has 2 nitrogen and oxygen atoms in total. The molecular formula is C6H12F3NOS. The Bertz CT molecular complexity index is 118. The molecule has 0 aliphatic carbocycles. The van der Waals surface area contributed by atoms with E-state index in [1.807, 2.05) is 0 Å². The lowest BCUT2D eigenvalue weighted by atomic mass is 10.4. The van der Waals surface area contributed by atoms with Gasteiger partial charge in [0.15, 0.2) is 0 Å². The van der Waals surface area contributed by atoms with Crippen LogP contribution in [0.15, 0.2) is 0 Å². The Morgan fingerprint density at radius 1 is 1.50 bits per heavy atom. The van der Waals surface area contributed by atoms with E-state index in [-0.39, 0.29) is 24.1 Å².